The van der Waals surface area contributed by atoms with E-state index in [4.69, 9.17) is 0 Å². The number of sulfone groups is 1. The van der Waals surface area contributed by atoms with E-state index in [2.05, 4.69) is 0 Å². The molecule has 3 rings (SSSR count). The molecule has 0 amide bonds. The molecule has 2 aromatic rings. The van der Waals surface area contributed by atoms with Crippen LogP contribution >= 0.6 is 0 Å². The lowest BCUT2D eigenvalue weighted by atomic mass is 9.81. The Kier molecular flexibility index (Phi) is 3.72. The Hall–Kier alpha value is -2.21. The van der Waals surface area contributed by atoms with E-state index in [0.29, 0.717) is 29.7 Å². The molecule has 0 saturated carbocycles. The van der Waals surface area contributed by atoms with Crippen molar-refractivity contribution in [2.45, 2.75) is 24.7 Å². The maximum Gasteiger partial charge on any atom is 0.224 e. The standard InChI is InChI=1S/C17H17NO4S/c1-11-9-13-12(14-5-3-4-8-18(14)20)6-7-16(23(2,21)22)17(13)15(19)10-11/h3-8,11H,9-10H2,1-2H3. The third-order valence-electron chi connectivity index (χ3n) is 4.14. The van der Waals surface area contributed by atoms with Crippen LogP contribution < -0.4 is 4.73 Å². The molecule has 0 fully saturated rings. The second-order valence-corrected chi connectivity index (χ2v) is 8.07. The van der Waals surface area contributed by atoms with Crippen molar-refractivity contribution in [1.82, 2.24) is 0 Å². The molecule has 23 heavy (non-hydrogen) atoms. The summed E-state index contributed by atoms with van der Waals surface area (Å²) < 4.78 is 24.8. The average molecular weight is 331 g/mol. The zero-order valence-electron chi connectivity index (χ0n) is 12.9. The zero-order valence-corrected chi connectivity index (χ0v) is 13.8. The quantitative estimate of drug-likeness (QED) is 0.624. The van der Waals surface area contributed by atoms with Gasteiger partial charge in [-0.25, -0.2) is 8.42 Å². The molecule has 1 aromatic carbocycles. The summed E-state index contributed by atoms with van der Waals surface area (Å²) in [6.07, 6.45) is 3.39. The van der Waals surface area contributed by atoms with E-state index in [0.717, 1.165) is 11.0 Å². The summed E-state index contributed by atoms with van der Waals surface area (Å²) in [5, 5.41) is 12.1. The normalized spacial score (nSPS) is 17.8. The first-order valence-electron chi connectivity index (χ1n) is 7.36. The Morgan fingerprint density at radius 2 is 1.91 bits per heavy atom. The first-order valence-corrected chi connectivity index (χ1v) is 9.26. The number of benzene rings is 1. The van der Waals surface area contributed by atoms with Crippen LogP contribution in [0.15, 0.2) is 41.4 Å². The molecule has 1 aliphatic rings. The van der Waals surface area contributed by atoms with E-state index in [9.17, 15) is 18.4 Å². The number of hydrogen-bond acceptors (Lipinski definition) is 4. The van der Waals surface area contributed by atoms with Gasteiger partial charge in [0.25, 0.3) is 0 Å². The molecule has 6 heteroatoms. The molecular weight excluding hydrogens is 314 g/mol. The van der Waals surface area contributed by atoms with Crippen LogP contribution in [0.5, 0.6) is 0 Å². The van der Waals surface area contributed by atoms with Gasteiger partial charge in [0.15, 0.2) is 21.8 Å². The number of aromatic nitrogens is 1. The number of ketones is 1. The zero-order chi connectivity index (χ0) is 16.8. The van der Waals surface area contributed by atoms with Crippen molar-refractivity contribution in [2.75, 3.05) is 6.26 Å². The van der Waals surface area contributed by atoms with Crippen LogP contribution in [0.25, 0.3) is 11.3 Å². The molecule has 1 unspecified atom stereocenters. The molecule has 120 valence electrons. The van der Waals surface area contributed by atoms with E-state index in [-0.39, 0.29) is 22.2 Å². The third kappa shape index (κ3) is 2.74. The van der Waals surface area contributed by atoms with Crippen LogP contribution in [-0.2, 0) is 16.3 Å². The number of fused-ring (bicyclic) bond motifs is 1. The number of carbonyl (C=O) groups excluding carboxylic acids is 1. The largest absolute Gasteiger partial charge is 0.618 e. The van der Waals surface area contributed by atoms with Gasteiger partial charge < -0.3 is 5.21 Å². The van der Waals surface area contributed by atoms with Crippen molar-refractivity contribution < 1.29 is 17.9 Å². The Morgan fingerprint density at radius 3 is 2.57 bits per heavy atom. The van der Waals surface area contributed by atoms with Crippen LogP contribution in [0.1, 0.15) is 29.3 Å². The number of rotatable bonds is 2. The van der Waals surface area contributed by atoms with Crippen molar-refractivity contribution in [3.05, 3.63) is 52.9 Å². The van der Waals surface area contributed by atoms with Crippen molar-refractivity contribution in [3.63, 3.8) is 0 Å². The molecule has 0 aliphatic heterocycles. The fraction of sp³-hybridized carbons (Fsp3) is 0.294. The van der Waals surface area contributed by atoms with E-state index in [1.54, 1.807) is 24.3 Å². The topological polar surface area (TPSA) is 78.2 Å². The van der Waals surface area contributed by atoms with Crippen LogP contribution in [0.4, 0.5) is 0 Å². The maximum atomic E-state index is 12.5. The van der Waals surface area contributed by atoms with Gasteiger partial charge in [-0.3, -0.25) is 4.79 Å². The Bertz CT molecular complexity index is 903. The number of pyridine rings is 1. The lowest BCUT2D eigenvalue weighted by Gasteiger charge is -2.24. The number of carbonyl (C=O) groups is 1. The summed E-state index contributed by atoms with van der Waals surface area (Å²) >= 11 is 0. The van der Waals surface area contributed by atoms with Gasteiger partial charge in [-0.05, 0) is 36.1 Å². The summed E-state index contributed by atoms with van der Waals surface area (Å²) in [6, 6.07) is 8.11. The van der Waals surface area contributed by atoms with Crippen LogP contribution in [0, 0.1) is 11.1 Å². The van der Waals surface area contributed by atoms with Gasteiger partial charge in [0.05, 0.1) is 10.5 Å². The second kappa shape index (κ2) is 5.45. The molecule has 0 bridgehead atoms. The first-order chi connectivity index (χ1) is 10.8. The number of nitrogens with zero attached hydrogens (tertiary/aromatic N) is 1. The molecule has 0 N–H and O–H groups in total. The van der Waals surface area contributed by atoms with Crippen LogP contribution in [0.2, 0.25) is 0 Å². The van der Waals surface area contributed by atoms with Gasteiger partial charge in [0.2, 0.25) is 5.69 Å². The molecule has 5 nitrogen and oxygen atoms in total. The van der Waals surface area contributed by atoms with Crippen molar-refractivity contribution in [3.8, 4) is 11.3 Å². The minimum Gasteiger partial charge on any atom is -0.618 e. The first kappa shape index (κ1) is 15.7. The fourth-order valence-electron chi connectivity index (χ4n) is 3.17. The van der Waals surface area contributed by atoms with Gasteiger partial charge in [0, 0.05) is 30.4 Å². The molecule has 1 aromatic heterocycles. The Balaban J connectivity index is 2.35. The molecule has 0 saturated heterocycles. The smallest absolute Gasteiger partial charge is 0.224 e. The van der Waals surface area contributed by atoms with Crippen molar-refractivity contribution in [2.24, 2.45) is 5.92 Å². The van der Waals surface area contributed by atoms with Crippen LogP contribution in [-0.4, -0.2) is 20.5 Å². The minimum atomic E-state index is -3.51. The third-order valence-corrected chi connectivity index (χ3v) is 5.28. The van der Waals surface area contributed by atoms with Crippen LogP contribution in [0.3, 0.4) is 0 Å². The van der Waals surface area contributed by atoms with Crippen molar-refractivity contribution in [1.29, 1.82) is 0 Å². The van der Waals surface area contributed by atoms with Gasteiger partial charge in [0.1, 0.15) is 0 Å². The highest BCUT2D eigenvalue weighted by atomic mass is 32.2. The van der Waals surface area contributed by atoms with E-state index < -0.39 is 9.84 Å². The maximum absolute atomic E-state index is 12.5. The predicted molar refractivity (Wildman–Crippen MR) is 85.8 cm³/mol. The molecular formula is C17H17NO4S. The molecule has 0 radical (unpaired) electrons. The lowest BCUT2D eigenvalue weighted by Crippen LogP contribution is -2.30. The summed E-state index contributed by atoms with van der Waals surface area (Å²) in [5.74, 6) is -0.0539. The highest BCUT2D eigenvalue weighted by Crippen LogP contribution is 2.36. The fourth-order valence-corrected chi connectivity index (χ4v) is 4.09. The summed E-state index contributed by atoms with van der Waals surface area (Å²) in [5.41, 5.74) is 1.97. The number of hydrogen-bond donors (Lipinski definition) is 0. The van der Waals surface area contributed by atoms with Gasteiger partial charge in [-0.1, -0.05) is 6.92 Å². The van der Waals surface area contributed by atoms with Gasteiger partial charge in [-0.2, -0.15) is 4.73 Å². The molecule has 1 atom stereocenters. The number of Topliss-reactive ketones (excluding diaryl/α,β-unsaturated/α-hetero) is 1. The lowest BCUT2D eigenvalue weighted by molar-refractivity contribution is -0.593. The van der Waals surface area contributed by atoms with Gasteiger partial charge in [-0.15, -0.1) is 0 Å². The minimum absolute atomic E-state index is 0.0570. The molecule has 1 heterocycles. The summed E-state index contributed by atoms with van der Waals surface area (Å²) in [7, 11) is -3.51. The SMILES string of the molecule is CC1CC(=O)c2c(S(C)(=O)=O)ccc(-c3cccc[n+]3[O-])c2C1. The van der Waals surface area contributed by atoms with Gasteiger partial charge >= 0.3 is 0 Å². The van der Waals surface area contributed by atoms with E-state index >= 15 is 0 Å². The highest BCUT2D eigenvalue weighted by molar-refractivity contribution is 7.90. The summed E-state index contributed by atoms with van der Waals surface area (Å²) in [4.78, 5) is 12.5. The predicted octanol–water partition coefficient (Wildman–Crippen LogP) is 2.16. The molecule has 0 spiro atoms. The highest BCUT2D eigenvalue weighted by Gasteiger charge is 2.31. The second-order valence-electron chi connectivity index (χ2n) is 6.09. The Morgan fingerprint density at radius 1 is 1.17 bits per heavy atom. The molecule has 1 aliphatic carbocycles. The van der Waals surface area contributed by atoms with Crippen molar-refractivity contribution >= 4 is 15.6 Å². The average Bonchev–Trinajstić information content (AvgIpc) is 2.45. The van der Waals surface area contributed by atoms with E-state index in [1.807, 2.05) is 6.92 Å². The summed E-state index contributed by atoms with van der Waals surface area (Å²) in [6.45, 7) is 1.95. The Labute approximate surface area is 135 Å². The monoisotopic (exact) mass is 331 g/mol. The van der Waals surface area contributed by atoms with E-state index in [1.165, 1.54) is 12.3 Å².